The molecule has 1 aromatic rings. The Bertz CT molecular complexity index is 765. The van der Waals surface area contributed by atoms with Crippen LogP contribution in [0.15, 0.2) is 18.2 Å². The first-order valence-electron chi connectivity index (χ1n) is 8.77. The van der Waals surface area contributed by atoms with Gasteiger partial charge in [-0.2, -0.15) is 0 Å². The van der Waals surface area contributed by atoms with Crippen molar-refractivity contribution in [1.82, 2.24) is 15.5 Å². The monoisotopic (exact) mass is 374 g/mol. The fourth-order valence-electron chi connectivity index (χ4n) is 3.83. The predicted octanol–water partition coefficient (Wildman–Crippen LogP) is 0.186. The van der Waals surface area contributed by atoms with Crippen molar-refractivity contribution in [2.75, 3.05) is 31.1 Å². The number of rotatable bonds is 2. The standard InChI is InChI=1S/C17H20N4O3.CH2O2/c1-10-2-3-11(6-14(10)21-5-4-18-17(21)24)16(23)20-8-12-7-15(22)19-13(12)9-20;2-1-3/h2-3,6,12-13H,4-5,7-9H2,1H3,(H,18,24)(H,19,22);1H,(H,2,3)/t12-,13+;/m0./s1. The molecule has 0 aromatic heterocycles. The molecule has 1 aromatic carbocycles. The quantitative estimate of drug-likeness (QED) is 0.639. The van der Waals surface area contributed by atoms with Gasteiger partial charge in [0.1, 0.15) is 0 Å². The number of carbonyl (C=O) groups is 4. The number of fused-ring (bicyclic) bond motifs is 1. The van der Waals surface area contributed by atoms with E-state index in [-0.39, 0.29) is 36.3 Å². The molecule has 3 N–H and O–H groups in total. The average Bonchev–Trinajstić information content (AvgIpc) is 3.30. The minimum atomic E-state index is -0.250. The first-order valence-corrected chi connectivity index (χ1v) is 8.77. The third kappa shape index (κ3) is 3.71. The summed E-state index contributed by atoms with van der Waals surface area (Å²) in [6.07, 6.45) is 0.502. The fourth-order valence-corrected chi connectivity index (χ4v) is 3.83. The molecule has 9 heteroatoms. The van der Waals surface area contributed by atoms with E-state index in [1.165, 1.54) is 0 Å². The molecule has 0 bridgehead atoms. The number of hydrogen-bond acceptors (Lipinski definition) is 4. The van der Waals surface area contributed by atoms with Gasteiger partial charge in [-0.1, -0.05) is 6.07 Å². The van der Waals surface area contributed by atoms with Crippen molar-refractivity contribution in [3.63, 3.8) is 0 Å². The third-order valence-electron chi connectivity index (χ3n) is 5.13. The highest BCUT2D eigenvalue weighted by atomic mass is 16.3. The lowest BCUT2D eigenvalue weighted by Gasteiger charge is -2.21. The highest BCUT2D eigenvalue weighted by Gasteiger charge is 2.41. The zero-order chi connectivity index (χ0) is 19.6. The number of anilines is 1. The molecule has 2 atom stereocenters. The number of aryl methyl sites for hydroxylation is 1. The van der Waals surface area contributed by atoms with Gasteiger partial charge in [-0.15, -0.1) is 0 Å². The van der Waals surface area contributed by atoms with E-state index in [4.69, 9.17) is 9.90 Å². The van der Waals surface area contributed by atoms with Gasteiger partial charge in [0.05, 0.1) is 6.04 Å². The van der Waals surface area contributed by atoms with Crippen LogP contribution in [0.2, 0.25) is 0 Å². The summed E-state index contributed by atoms with van der Waals surface area (Å²) < 4.78 is 0. The maximum absolute atomic E-state index is 12.8. The Hall–Kier alpha value is -3.10. The Balaban J connectivity index is 0.000000659. The summed E-state index contributed by atoms with van der Waals surface area (Å²) in [5.74, 6) is 0.255. The number of carboxylic acid groups (broad SMARTS) is 1. The molecule has 27 heavy (non-hydrogen) atoms. The maximum Gasteiger partial charge on any atom is 0.322 e. The van der Waals surface area contributed by atoms with Crippen molar-refractivity contribution >= 4 is 30.0 Å². The number of urea groups is 1. The molecule has 4 rings (SSSR count). The summed E-state index contributed by atoms with van der Waals surface area (Å²) in [6, 6.07) is 5.45. The van der Waals surface area contributed by atoms with Crippen LogP contribution in [0.4, 0.5) is 10.5 Å². The van der Waals surface area contributed by atoms with Gasteiger partial charge in [-0.05, 0) is 24.6 Å². The SMILES string of the molecule is Cc1ccc(C(=O)N2C[C@@H]3CC(=O)N[C@@H]3C2)cc1N1CCNC1=O.O=CO. The summed E-state index contributed by atoms with van der Waals surface area (Å²) in [7, 11) is 0. The highest BCUT2D eigenvalue weighted by molar-refractivity contribution is 5.99. The molecule has 0 aliphatic carbocycles. The van der Waals surface area contributed by atoms with E-state index in [1.54, 1.807) is 15.9 Å². The molecule has 0 spiro atoms. The molecule has 0 saturated carbocycles. The van der Waals surface area contributed by atoms with Gasteiger partial charge in [0, 0.05) is 49.8 Å². The van der Waals surface area contributed by atoms with Crippen LogP contribution < -0.4 is 15.5 Å². The lowest BCUT2D eigenvalue weighted by Crippen LogP contribution is -2.35. The van der Waals surface area contributed by atoms with Crippen LogP contribution in [-0.4, -0.2) is 66.5 Å². The van der Waals surface area contributed by atoms with E-state index in [0.717, 1.165) is 11.3 Å². The van der Waals surface area contributed by atoms with Crippen molar-refractivity contribution in [2.24, 2.45) is 5.92 Å². The van der Waals surface area contributed by atoms with Gasteiger partial charge >= 0.3 is 6.03 Å². The van der Waals surface area contributed by atoms with E-state index in [0.29, 0.717) is 38.2 Å². The van der Waals surface area contributed by atoms with E-state index in [9.17, 15) is 14.4 Å². The van der Waals surface area contributed by atoms with Gasteiger partial charge in [0.15, 0.2) is 0 Å². The van der Waals surface area contributed by atoms with Crippen LogP contribution in [0.3, 0.4) is 0 Å². The van der Waals surface area contributed by atoms with E-state index in [2.05, 4.69) is 10.6 Å². The number of hydrogen-bond donors (Lipinski definition) is 3. The number of nitrogens with one attached hydrogen (secondary N) is 2. The Labute approximate surface area is 156 Å². The molecule has 3 saturated heterocycles. The molecule has 144 valence electrons. The van der Waals surface area contributed by atoms with Crippen molar-refractivity contribution in [3.8, 4) is 0 Å². The van der Waals surface area contributed by atoms with Gasteiger partial charge in [0.25, 0.3) is 12.4 Å². The van der Waals surface area contributed by atoms with Crippen molar-refractivity contribution < 1.29 is 24.3 Å². The Morgan fingerprint density at radius 2 is 2.04 bits per heavy atom. The number of carbonyl (C=O) groups excluding carboxylic acids is 3. The minimum Gasteiger partial charge on any atom is -0.483 e. The second-order valence-corrected chi connectivity index (χ2v) is 6.84. The van der Waals surface area contributed by atoms with Crippen molar-refractivity contribution in [2.45, 2.75) is 19.4 Å². The molecule has 4 amide bonds. The van der Waals surface area contributed by atoms with E-state index in [1.807, 2.05) is 19.1 Å². The summed E-state index contributed by atoms with van der Waals surface area (Å²) in [6.45, 7) is 4.08. The zero-order valence-corrected chi connectivity index (χ0v) is 15.0. The van der Waals surface area contributed by atoms with Crippen LogP contribution in [-0.2, 0) is 9.59 Å². The van der Waals surface area contributed by atoms with E-state index >= 15 is 0 Å². The van der Waals surface area contributed by atoms with Gasteiger partial charge in [-0.3, -0.25) is 19.3 Å². The first kappa shape index (κ1) is 18.7. The molecular weight excluding hydrogens is 352 g/mol. The highest BCUT2D eigenvalue weighted by Crippen LogP contribution is 2.28. The summed E-state index contributed by atoms with van der Waals surface area (Å²) in [5.41, 5.74) is 2.33. The van der Waals surface area contributed by atoms with Gasteiger partial charge in [0.2, 0.25) is 5.91 Å². The molecular formula is C18H22N4O5. The minimum absolute atomic E-state index is 0.0421. The topological polar surface area (TPSA) is 119 Å². The molecule has 0 radical (unpaired) electrons. The first-order chi connectivity index (χ1) is 12.9. The van der Waals surface area contributed by atoms with Crippen LogP contribution in [0.25, 0.3) is 0 Å². The lowest BCUT2D eigenvalue weighted by molar-refractivity contribution is -0.123. The number of benzene rings is 1. The zero-order valence-electron chi connectivity index (χ0n) is 15.0. The average molecular weight is 374 g/mol. The summed E-state index contributed by atoms with van der Waals surface area (Å²) in [4.78, 5) is 48.0. The smallest absolute Gasteiger partial charge is 0.322 e. The predicted molar refractivity (Wildman–Crippen MR) is 96.6 cm³/mol. The van der Waals surface area contributed by atoms with E-state index < -0.39 is 0 Å². The second kappa shape index (κ2) is 7.65. The largest absolute Gasteiger partial charge is 0.483 e. The van der Waals surface area contributed by atoms with Crippen LogP contribution in [0.1, 0.15) is 22.3 Å². The van der Waals surface area contributed by atoms with Crippen molar-refractivity contribution in [1.29, 1.82) is 0 Å². The normalized spacial score (nSPS) is 23.3. The molecule has 9 nitrogen and oxygen atoms in total. The van der Waals surface area contributed by atoms with Gasteiger partial charge in [-0.25, -0.2) is 4.79 Å². The lowest BCUT2D eigenvalue weighted by atomic mass is 10.1. The number of likely N-dealkylation sites (tertiary alicyclic amines) is 1. The summed E-state index contributed by atoms with van der Waals surface area (Å²) in [5, 5.41) is 12.6. The van der Waals surface area contributed by atoms with Crippen LogP contribution in [0.5, 0.6) is 0 Å². The second-order valence-electron chi connectivity index (χ2n) is 6.84. The Kier molecular flexibility index (Phi) is 5.29. The van der Waals surface area contributed by atoms with Crippen LogP contribution in [0, 0.1) is 12.8 Å². The third-order valence-corrected chi connectivity index (χ3v) is 5.13. The Morgan fingerprint density at radius 1 is 1.30 bits per heavy atom. The van der Waals surface area contributed by atoms with Crippen molar-refractivity contribution in [3.05, 3.63) is 29.3 Å². The van der Waals surface area contributed by atoms with Crippen LogP contribution >= 0.6 is 0 Å². The number of amides is 4. The molecule has 3 heterocycles. The molecule has 3 aliphatic heterocycles. The van der Waals surface area contributed by atoms with Gasteiger partial charge < -0.3 is 20.6 Å². The fraction of sp³-hybridized carbons (Fsp3) is 0.444. The Morgan fingerprint density at radius 3 is 2.67 bits per heavy atom. The molecule has 3 aliphatic rings. The molecule has 3 fully saturated rings. The maximum atomic E-state index is 12.8. The molecule has 0 unspecified atom stereocenters. The number of nitrogens with zero attached hydrogens (tertiary/aromatic N) is 2. The summed E-state index contributed by atoms with van der Waals surface area (Å²) >= 11 is 0.